The molecule has 4 radical (unpaired) electrons. The Labute approximate surface area is 84.8 Å². The minimum atomic E-state index is -3.79. The van der Waals surface area contributed by atoms with Crippen molar-refractivity contribution >= 4 is 54.6 Å². The molecule has 0 aliphatic rings. The summed E-state index contributed by atoms with van der Waals surface area (Å²) in [6.07, 6.45) is 0. The van der Waals surface area contributed by atoms with Gasteiger partial charge in [0.2, 0.25) is 0 Å². The molecule has 0 aliphatic carbocycles. The van der Waals surface area contributed by atoms with Gasteiger partial charge in [-0.1, -0.05) is 0 Å². The second-order valence-corrected chi connectivity index (χ2v) is 1.67. The summed E-state index contributed by atoms with van der Waals surface area (Å²) in [4.78, 5) is 0. The van der Waals surface area contributed by atoms with Gasteiger partial charge in [0.1, 0.15) is 0 Å². The predicted octanol–water partition coefficient (Wildman–Crippen LogP) is -3.07. The Morgan fingerprint density at radius 2 is 1.17 bits per heavy atom. The summed E-state index contributed by atoms with van der Waals surface area (Å²) in [5.74, 6) is 0. The molecule has 0 atom stereocenters. The Hall–Kier alpha value is 2.45. The number of rotatable bonds is 0. The summed E-state index contributed by atoms with van der Waals surface area (Å²) in [7, 11) is 0. The van der Waals surface area contributed by atoms with Crippen molar-refractivity contribution in [3.05, 3.63) is 0 Å². The third-order valence-electron chi connectivity index (χ3n) is 0. The number of hydrogen-bond acceptors (Lipinski definition) is 1. The molecule has 6 heteroatoms. The molecule has 0 aromatic rings. The molecule has 0 bridgehead atoms. The quantitative estimate of drug-likeness (QED) is 0.310. The first-order valence-corrected chi connectivity index (χ1v) is 3.85. The Kier molecular flexibility index (Phi) is 27.5. The van der Waals surface area contributed by atoms with Crippen molar-refractivity contribution in [3.8, 4) is 0 Å². The van der Waals surface area contributed by atoms with E-state index >= 15 is 0 Å². The van der Waals surface area contributed by atoms with Crippen LogP contribution in [0.4, 0.5) is 0 Å². The van der Waals surface area contributed by atoms with Crippen LogP contribution in [0.1, 0.15) is 0 Å². The Bertz CT molecular complexity index is 31.8. The molecule has 0 unspecified atom stereocenters. The van der Waals surface area contributed by atoms with Gasteiger partial charge in [-0.2, -0.15) is 0 Å². The molecule has 0 aliphatic heterocycles. The summed E-state index contributed by atoms with van der Waals surface area (Å²) in [5.41, 5.74) is 0. The van der Waals surface area contributed by atoms with Crippen LogP contribution in [0.25, 0.3) is 0 Å². The van der Waals surface area contributed by atoms with Crippen LogP contribution >= 0.6 is 0 Å². The summed E-state index contributed by atoms with van der Waals surface area (Å²) in [5, 5.41) is 0. The number of hydrogen-bond donors (Lipinski definition) is 2. The first kappa shape index (κ1) is 15.8. The second kappa shape index (κ2) is 10.4. The standard InChI is InChI=1S/2H2O.O.2Pb.Zr.4H/h2*1H2;;;;;;;;/q;;;;;+2;;;;/p-2. The molecular formula is H6O3Pb2Zr. The van der Waals surface area contributed by atoms with Gasteiger partial charge >= 0.3 is 86.4 Å². The van der Waals surface area contributed by atoms with Gasteiger partial charge in [0.15, 0.2) is 0 Å². The normalized spacial score (nSPS) is 4.33. The molecular weight excluding hydrogens is 554 g/mol. The van der Waals surface area contributed by atoms with Crippen molar-refractivity contribution in [2.75, 3.05) is 0 Å². The second-order valence-electron chi connectivity index (χ2n) is 0.283. The predicted molar refractivity (Wildman–Crippen MR) is 22.2 cm³/mol. The fourth-order valence-electron chi connectivity index (χ4n) is 0. The van der Waals surface area contributed by atoms with E-state index in [2.05, 4.69) is 0 Å². The summed E-state index contributed by atoms with van der Waals surface area (Å²) >= 11 is -3.79. The van der Waals surface area contributed by atoms with E-state index in [1.165, 1.54) is 0 Å². The van der Waals surface area contributed by atoms with Gasteiger partial charge in [-0.05, 0) is 0 Å². The van der Waals surface area contributed by atoms with E-state index in [1.54, 1.807) is 0 Å². The van der Waals surface area contributed by atoms with Gasteiger partial charge in [0, 0.05) is 0 Å². The van der Waals surface area contributed by atoms with Crippen LogP contribution < -0.4 is 0 Å². The molecule has 6 heavy (non-hydrogen) atoms. The van der Waals surface area contributed by atoms with Crippen molar-refractivity contribution in [1.29, 1.82) is 0 Å². The van der Waals surface area contributed by atoms with E-state index in [0.717, 1.165) is 0 Å². The minimum absolute atomic E-state index is 0. The van der Waals surface area contributed by atoms with Crippen LogP contribution in [0, 0.1) is 0 Å². The van der Waals surface area contributed by atoms with Crippen LogP contribution in [-0.4, -0.2) is 61.0 Å². The van der Waals surface area contributed by atoms with Gasteiger partial charge < -0.3 is 0 Å². The molecule has 0 aromatic carbocycles. The van der Waals surface area contributed by atoms with Crippen LogP contribution in [0.3, 0.4) is 0 Å². The molecule has 0 saturated carbocycles. The summed E-state index contributed by atoms with van der Waals surface area (Å²) < 4.78 is 23.3. The molecule has 3 nitrogen and oxygen atoms in total. The Morgan fingerprint density at radius 3 is 1.17 bits per heavy atom. The van der Waals surface area contributed by atoms with Gasteiger partial charge in [-0.3, -0.25) is 0 Å². The maximum atomic E-state index is 8.84. The van der Waals surface area contributed by atoms with Crippen LogP contribution in [0.5, 0.6) is 0 Å². The maximum absolute atomic E-state index is 8.84. The van der Waals surface area contributed by atoms with Crippen molar-refractivity contribution in [1.82, 2.24) is 0 Å². The fourth-order valence-corrected chi connectivity index (χ4v) is 0. The van der Waals surface area contributed by atoms with Gasteiger partial charge in [-0.15, -0.1) is 0 Å². The third-order valence-corrected chi connectivity index (χ3v) is 0. The van der Waals surface area contributed by atoms with E-state index in [1.807, 2.05) is 0 Å². The fraction of sp³-hybridized carbons (Fsp3) is 0. The van der Waals surface area contributed by atoms with Gasteiger partial charge in [0.05, 0.1) is 0 Å². The zero-order valence-corrected chi connectivity index (χ0v) is 16.7. The molecule has 0 spiro atoms. The molecule has 36 valence electrons. The average Bonchev–Trinajstić information content (AvgIpc) is 0.811. The van der Waals surface area contributed by atoms with Crippen molar-refractivity contribution in [2.24, 2.45) is 0 Å². The molecule has 0 saturated heterocycles. The van der Waals surface area contributed by atoms with E-state index in [0.29, 0.717) is 0 Å². The first-order valence-electron chi connectivity index (χ1n) is 0.651. The summed E-state index contributed by atoms with van der Waals surface area (Å²) in [6.45, 7) is 0. The van der Waals surface area contributed by atoms with Gasteiger partial charge in [0.25, 0.3) is 0 Å². The zero-order valence-electron chi connectivity index (χ0n) is 3.22. The molecule has 2 N–H and O–H groups in total. The van der Waals surface area contributed by atoms with E-state index in [9.17, 15) is 0 Å². The molecule has 0 amide bonds. The van der Waals surface area contributed by atoms with Crippen LogP contribution in [0.2, 0.25) is 0 Å². The molecule has 0 aromatic heterocycles. The van der Waals surface area contributed by atoms with E-state index in [-0.39, 0.29) is 54.6 Å². The Balaban J connectivity index is -0.0000000450. The molecule has 0 heterocycles. The van der Waals surface area contributed by atoms with E-state index in [4.69, 9.17) is 9.18 Å². The monoisotopic (exact) mass is 560 g/mol. The zero-order chi connectivity index (χ0) is 3.58. The topological polar surface area (TPSA) is 57.5 Å². The summed E-state index contributed by atoms with van der Waals surface area (Å²) in [6, 6.07) is 0. The first-order chi connectivity index (χ1) is 1.73. The van der Waals surface area contributed by atoms with Crippen molar-refractivity contribution in [2.45, 2.75) is 0 Å². The Morgan fingerprint density at radius 1 is 1.17 bits per heavy atom. The van der Waals surface area contributed by atoms with Crippen molar-refractivity contribution < 1.29 is 31.8 Å². The molecule has 0 fully saturated rings. The van der Waals surface area contributed by atoms with Crippen molar-refractivity contribution in [3.63, 3.8) is 0 Å². The van der Waals surface area contributed by atoms with Crippen LogP contribution in [0.15, 0.2) is 0 Å². The van der Waals surface area contributed by atoms with Gasteiger partial charge in [-0.25, -0.2) is 0 Å². The third kappa shape index (κ3) is 31.9. The van der Waals surface area contributed by atoms with E-state index < -0.39 is 22.6 Å². The SMILES string of the molecule is [O]=[Zr]([OH])[OH].[PbH2].[PbH2]. The van der Waals surface area contributed by atoms with Crippen LogP contribution in [-0.2, 0) is 25.4 Å². The molecule has 0 rings (SSSR count). The average molecular weight is 560 g/mol.